The SMILES string of the molecule is O=C(NCc1ccn[nH]1)c1cn(Cc2ccc(F)c(C(F)(F)F)c2)nn1. The lowest BCUT2D eigenvalue weighted by Crippen LogP contribution is -2.23. The second-order valence-electron chi connectivity index (χ2n) is 5.38. The average molecular weight is 368 g/mol. The monoisotopic (exact) mass is 368 g/mol. The smallest absolute Gasteiger partial charge is 0.345 e. The van der Waals surface area contributed by atoms with E-state index in [4.69, 9.17) is 0 Å². The molecule has 26 heavy (non-hydrogen) atoms. The molecule has 0 bridgehead atoms. The van der Waals surface area contributed by atoms with E-state index in [1.54, 1.807) is 6.07 Å². The van der Waals surface area contributed by atoms with E-state index in [0.717, 1.165) is 6.07 Å². The lowest BCUT2D eigenvalue weighted by Gasteiger charge is -2.09. The Morgan fingerprint density at radius 2 is 2.08 bits per heavy atom. The highest BCUT2D eigenvalue weighted by molar-refractivity contribution is 5.91. The number of aromatic nitrogens is 5. The number of alkyl halides is 3. The molecule has 3 aromatic rings. The first kappa shape index (κ1) is 17.6. The van der Waals surface area contributed by atoms with Gasteiger partial charge in [0.2, 0.25) is 0 Å². The van der Waals surface area contributed by atoms with Gasteiger partial charge in [0.05, 0.1) is 30.5 Å². The highest BCUT2D eigenvalue weighted by Crippen LogP contribution is 2.32. The van der Waals surface area contributed by atoms with Crippen molar-refractivity contribution in [2.45, 2.75) is 19.3 Å². The van der Waals surface area contributed by atoms with Crippen LogP contribution in [0.1, 0.15) is 27.3 Å². The van der Waals surface area contributed by atoms with Crippen LogP contribution in [0.3, 0.4) is 0 Å². The first-order valence-corrected chi connectivity index (χ1v) is 7.35. The summed E-state index contributed by atoms with van der Waals surface area (Å²) in [6.45, 7) is 0.114. The van der Waals surface area contributed by atoms with Gasteiger partial charge in [0.1, 0.15) is 5.82 Å². The number of aromatic amines is 1. The number of halogens is 4. The summed E-state index contributed by atoms with van der Waals surface area (Å²) in [5.74, 6) is -1.85. The number of benzene rings is 1. The molecule has 0 aliphatic rings. The topological polar surface area (TPSA) is 88.5 Å². The molecule has 0 unspecified atom stereocenters. The van der Waals surface area contributed by atoms with Crippen LogP contribution >= 0.6 is 0 Å². The number of amides is 1. The van der Waals surface area contributed by atoms with Crippen molar-refractivity contribution in [3.8, 4) is 0 Å². The fourth-order valence-electron chi connectivity index (χ4n) is 2.20. The van der Waals surface area contributed by atoms with E-state index in [0.29, 0.717) is 11.8 Å². The van der Waals surface area contributed by atoms with Crippen molar-refractivity contribution < 1.29 is 22.4 Å². The highest BCUT2D eigenvalue weighted by atomic mass is 19.4. The van der Waals surface area contributed by atoms with Crippen LogP contribution in [0.15, 0.2) is 36.7 Å². The number of carbonyl (C=O) groups is 1. The van der Waals surface area contributed by atoms with Gasteiger partial charge in [0, 0.05) is 6.20 Å². The van der Waals surface area contributed by atoms with Crippen molar-refractivity contribution >= 4 is 5.91 Å². The lowest BCUT2D eigenvalue weighted by molar-refractivity contribution is -0.140. The molecule has 2 N–H and O–H groups in total. The second kappa shape index (κ2) is 6.94. The minimum atomic E-state index is -4.79. The second-order valence-corrected chi connectivity index (χ2v) is 5.38. The zero-order chi connectivity index (χ0) is 18.7. The van der Waals surface area contributed by atoms with Gasteiger partial charge in [-0.25, -0.2) is 9.07 Å². The number of carbonyl (C=O) groups excluding carboxylic acids is 1. The standard InChI is InChI=1S/C15H12F4N6O/c16-12-2-1-9(5-11(12)15(17,18)19)7-25-8-13(23-24-25)14(26)20-6-10-3-4-21-22-10/h1-5,8H,6-7H2,(H,20,26)(H,21,22). The largest absolute Gasteiger partial charge is 0.419 e. The summed E-state index contributed by atoms with van der Waals surface area (Å²) < 4.78 is 52.7. The molecule has 0 atom stereocenters. The van der Waals surface area contributed by atoms with Crippen molar-refractivity contribution in [3.63, 3.8) is 0 Å². The van der Waals surface area contributed by atoms with Gasteiger partial charge in [-0.2, -0.15) is 18.3 Å². The summed E-state index contributed by atoms with van der Waals surface area (Å²) in [7, 11) is 0. The Bertz CT molecular complexity index is 903. The van der Waals surface area contributed by atoms with Gasteiger partial charge < -0.3 is 5.32 Å². The predicted molar refractivity (Wildman–Crippen MR) is 80.3 cm³/mol. The number of nitrogens with zero attached hydrogens (tertiary/aromatic N) is 4. The maximum atomic E-state index is 13.3. The molecule has 0 aliphatic carbocycles. The third-order valence-electron chi connectivity index (χ3n) is 3.45. The van der Waals surface area contributed by atoms with E-state index in [9.17, 15) is 22.4 Å². The number of nitrogens with one attached hydrogen (secondary N) is 2. The van der Waals surface area contributed by atoms with E-state index < -0.39 is 23.5 Å². The molecule has 11 heteroatoms. The Labute approximate surface area is 144 Å². The fourth-order valence-corrected chi connectivity index (χ4v) is 2.20. The zero-order valence-corrected chi connectivity index (χ0v) is 13.1. The van der Waals surface area contributed by atoms with Crippen molar-refractivity contribution in [2.24, 2.45) is 0 Å². The highest BCUT2D eigenvalue weighted by Gasteiger charge is 2.34. The third kappa shape index (κ3) is 4.05. The molecule has 1 amide bonds. The van der Waals surface area contributed by atoms with E-state index in [-0.39, 0.29) is 24.3 Å². The van der Waals surface area contributed by atoms with Gasteiger partial charge in [0.25, 0.3) is 5.91 Å². The van der Waals surface area contributed by atoms with E-state index in [2.05, 4.69) is 25.8 Å². The van der Waals surface area contributed by atoms with Crippen molar-refractivity contribution in [3.05, 3.63) is 65.0 Å². The first-order valence-electron chi connectivity index (χ1n) is 7.35. The summed E-state index contributed by atoms with van der Waals surface area (Å²) in [5.41, 5.74) is -0.486. The van der Waals surface area contributed by atoms with Crippen molar-refractivity contribution in [1.29, 1.82) is 0 Å². The first-order chi connectivity index (χ1) is 12.3. The van der Waals surface area contributed by atoms with E-state index in [1.807, 2.05) is 0 Å². The normalized spacial score (nSPS) is 11.5. The fraction of sp³-hybridized carbons (Fsp3) is 0.200. The molecule has 0 saturated carbocycles. The van der Waals surface area contributed by atoms with Crippen LogP contribution in [0.25, 0.3) is 0 Å². The lowest BCUT2D eigenvalue weighted by atomic mass is 10.1. The van der Waals surface area contributed by atoms with Gasteiger partial charge in [0.15, 0.2) is 5.69 Å². The summed E-state index contributed by atoms with van der Waals surface area (Å²) in [4.78, 5) is 12.0. The summed E-state index contributed by atoms with van der Waals surface area (Å²) >= 11 is 0. The Kier molecular flexibility index (Phi) is 4.69. The molecule has 0 fully saturated rings. The van der Waals surface area contributed by atoms with Gasteiger partial charge in [-0.3, -0.25) is 9.89 Å². The zero-order valence-electron chi connectivity index (χ0n) is 13.1. The van der Waals surface area contributed by atoms with Gasteiger partial charge in [-0.15, -0.1) is 5.10 Å². The molecule has 0 aliphatic heterocycles. The third-order valence-corrected chi connectivity index (χ3v) is 3.45. The van der Waals surface area contributed by atoms with Crippen LogP contribution in [0.4, 0.5) is 17.6 Å². The van der Waals surface area contributed by atoms with Gasteiger partial charge >= 0.3 is 6.18 Å². The molecule has 2 heterocycles. The molecule has 7 nitrogen and oxygen atoms in total. The van der Waals surface area contributed by atoms with Crippen molar-refractivity contribution in [1.82, 2.24) is 30.5 Å². The van der Waals surface area contributed by atoms with Crippen LogP contribution < -0.4 is 5.32 Å². The molecule has 136 valence electrons. The maximum Gasteiger partial charge on any atom is 0.419 e. The molecule has 0 spiro atoms. The number of H-pyrrole nitrogens is 1. The minimum Gasteiger partial charge on any atom is -0.345 e. The Morgan fingerprint density at radius 1 is 1.27 bits per heavy atom. The summed E-state index contributed by atoms with van der Waals surface area (Å²) in [6, 6.07) is 4.34. The minimum absolute atomic E-state index is 0.00247. The van der Waals surface area contributed by atoms with Crippen LogP contribution in [0.2, 0.25) is 0 Å². The van der Waals surface area contributed by atoms with Gasteiger partial charge in [-0.05, 0) is 23.8 Å². The molecule has 1 aromatic carbocycles. The van der Waals surface area contributed by atoms with E-state index >= 15 is 0 Å². The maximum absolute atomic E-state index is 13.3. The molecular weight excluding hydrogens is 356 g/mol. The average Bonchev–Trinajstić information content (AvgIpc) is 3.25. The quantitative estimate of drug-likeness (QED) is 0.676. The summed E-state index contributed by atoms with van der Waals surface area (Å²) in [5, 5.41) is 16.4. The molecule has 0 saturated heterocycles. The number of hydrogen-bond acceptors (Lipinski definition) is 4. The summed E-state index contributed by atoms with van der Waals surface area (Å²) in [6.07, 6.45) is -1.96. The molecule has 3 rings (SSSR count). The molecular formula is C15H12F4N6O. The Balaban J connectivity index is 1.67. The van der Waals surface area contributed by atoms with Gasteiger partial charge in [-0.1, -0.05) is 11.3 Å². The predicted octanol–water partition coefficient (Wildman–Crippen LogP) is 2.14. The van der Waals surface area contributed by atoms with Crippen LogP contribution in [-0.4, -0.2) is 31.1 Å². The molecule has 0 radical (unpaired) electrons. The number of rotatable bonds is 5. The van der Waals surface area contributed by atoms with Crippen molar-refractivity contribution in [2.75, 3.05) is 0 Å². The van der Waals surface area contributed by atoms with E-state index in [1.165, 1.54) is 23.1 Å². The Hall–Kier alpha value is -3.24. The molecule has 2 aromatic heterocycles. The van der Waals surface area contributed by atoms with Crippen LogP contribution in [-0.2, 0) is 19.3 Å². The Morgan fingerprint density at radius 3 is 2.77 bits per heavy atom. The van der Waals surface area contributed by atoms with Crippen LogP contribution in [0, 0.1) is 5.82 Å². The number of hydrogen-bond donors (Lipinski definition) is 2. The van der Waals surface area contributed by atoms with Crippen LogP contribution in [0.5, 0.6) is 0 Å².